The average molecular weight is 612 g/mol. The Morgan fingerprint density at radius 2 is 1.60 bits per heavy atom. The minimum Gasteiger partial charge on any atom is -0.497 e. The third kappa shape index (κ3) is 7.63. The van der Waals surface area contributed by atoms with Gasteiger partial charge in [0, 0.05) is 17.6 Å². The highest BCUT2D eigenvalue weighted by Gasteiger charge is 2.34. The number of rotatable bonds is 12. The van der Waals surface area contributed by atoms with Gasteiger partial charge in [0.05, 0.1) is 17.7 Å². The predicted molar refractivity (Wildman–Crippen MR) is 165 cm³/mol. The summed E-state index contributed by atoms with van der Waals surface area (Å²) in [6.45, 7) is 3.35. The van der Waals surface area contributed by atoms with Crippen LogP contribution in [0, 0.1) is 6.92 Å². The van der Waals surface area contributed by atoms with E-state index in [2.05, 4.69) is 5.32 Å². The van der Waals surface area contributed by atoms with Crippen molar-refractivity contribution in [2.45, 2.75) is 69.5 Å². The highest BCUT2D eigenvalue weighted by molar-refractivity contribution is 7.92. The first-order chi connectivity index (χ1) is 20.1. The lowest BCUT2D eigenvalue weighted by atomic mass is 10.1. The average Bonchev–Trinajstić information content (AvgIpc) is 3.50. The van der Waals surface area contributed by atoms with E-state index in [-0.39, 0.29) is 23.4 Å². The Hall–Kier alpha value is -3.56. The molecule has 1 atom stereocenters. The number of carbonyl (C=O) groups excluding carboxylic acids is 2. The predicted octanol–water partition coefficient (Wildman–Crippen LogP) is 5.72. The van der Waals surface area contributed by atoms with E-state index in [1.165, 1.54) is 24.1 Å². The van der Waals surface area contributed by atoms with Crippen LogP contribution in [0.25, 0.3) is 0 Å². The van der Waals surface area contributed by atoms with Gasteiger partial charge in [0.2, 0.25) is 11.8 Å². The van der Waals surface area contributed by atoms with Crippen LogP contribution >= 0.6 is 11.6 Å². The highest BCUT2D eigenvalue weighted by Crippen LogP contribution is 2.27. The van der Waals surface area contributed by atoms with E-state index in [9.17, 15) is 18.0 Å². The Balaban J connectivity index is 1.71. The smallest absolute Gasteiger partial charge is 0.264 e. The van der Waals surface area contributed by atoms with E-state index in [4.69, 9.17) is 16.3 Å². The van der Waals surface area contributed by atoms with Crippen molar-refractivity contribution < 1.29 is 22.7 Å². The molecule has 0 unspecified atom stereocenters. The zero-order chi connectivity index (χ0) is 30.3. The van der Waals surface area contributed by atoms with Crippen molar-refractivity contribution in [3.05, 3.63) is 88.9 Å². The van der Waals surface area contributed by atoms with Crippen molar-refractivity contribution in [3.8, 4) is 5.75 Å². The van der Waals surface area contributed by atoms with Gasteiger partial charge in [0.15, 0.2) is 0 Å². The van der Waals surface area contributed by atoms with Crippen LogP contribution in [0.5, 0.6) is 5.75 Å². The zero-order valence-corrected chi connectivity index (χ0v) is 25.8. The summed E-state index contributed by atoms with van der Waals surface area (Å²) >= 11 is 6.10. The number of ether oxygens (including phenoxy) is 1. The molecule has 42 heavy (non-hydrogen) atoms. The molecule has 0 saturated heterocycles. The number of hydrogen-bond donors (Lipinski definition) is 1. The number of methoxy groups -OCH3 is 1. The maximum atomic E-state index is 14.2. The molecule has 3 aromatic carbocycles. The van der Waals surface area contributed by atoms with Crippen molar-refractivity contribution in [2.24, 2.45) is 0 Å². The number of aryl methyl sites for hydroxylation is 1. The summed E-state index contributed by atoms with van der Waals surface area (Å²) in [6.07, 6.45) is 4.30. The maximum absolute atomic E-state index is 14.2. The fraction of sp³-hybridized carbons (Fsp3) is 0.375. The van der Waals surface area contributed by atoms with Crippen LogP contribution in [0.15, 0.2) is 77.7 Å². The Bertz CT molecular complexity index is 1460. The molecule has 8 nitrogen and oxygen atoms in total. The molecule has 1 aliphatic carbocycles. The number of hydrogen-bond acceptors (Lipinski definition) is 5. The van der Waals surface area contributed by atoms with Crippen LogP contribution in [-0.2, 0) is 26.2 Å². The lowest BCUT2D eigenvalue weighted by molar-refractivity contribution is -0.140. The largest absolute Gasteiger partial charge is 0.497 e. The minimum atomic E-state index is -4.14. The lowest BCUT2D eigenvalue weighted by Crippen LogP contribution is -2.53. The topological polar surface area (TPSA) is 96.0 Å². The minimum absolute atomic E-state index is 0.0620. The van der Waals surface area contributed by atoms with E-state index in [1.54, 1.807) is 60.7 Å². The molecule has 0 aliphatic heterocycles. The molecule has 1 N–H and O–H groups in total. The summed E-state index contributed by atoms with van der Waals surface area (Å²) in [4.78, 5) is 29.3. The van der Waals surface area contributed by atoms with E-state index < -0.39 is 28.5 Å². The van der Waals surface area contributed by atoms with E-state index in [0.717, 1.165) is 41.1 Å². The lowest BCUT2D eigenvalue weighted by Gasteiger charge is -2.33. The van der Waals surface area contributed by atoms with Gasteiger partial charge in [-0.1, -0.05) is 61.2 Å². The van der Waals surface area contributed by atoms with Gasteiger partial charge in [0.1, 0.15) is 18.3 Å². The molecular weight excluding hydrogens is 574 g/mol. The van der Waals surface area contributed by atoms with Crippen molar-refractivity contribution in [2.75, 3.05) is 18.0 Å². The summed E-state index contributed by atoms with van der Waals surface area (Å²) in [5.74, 6) is -0.175. The Morgan fingerprint density at radius 1 is 0.976 bits per heavy atom. The van der Waals surface area contributed by atoms with Crippen LogP contribution in [-0.4, -0.2) is 50.9 Å². The molecule has 10 heteroatoms. The third-order valence-corrected chi connectivity index (χ3v) is 9.64. The Labute approximate surface area is 253 Å². The van der Waals surface area contributed by atoms with Gasteiger partial charge in [0.25, 0.3) is 10.0 Å². The molecule has 1 fully saturated rings. The number of anilines is 1. The zero-order valence-electron chi connectivity index (χ0n) is 24.3. The first-order valence-electron chi connectivity index (χ1n) is 14.2. The van der Waals surface area contributed by atoms with Gasteiger partial charge < -0.3 is 15.0 Å². The SMILES string of the molecule is CC[C@@H](C(=O)NC1CCCC1)N(Cc1ccc(Cl)cc1)C(=O)CN(c1ccc(OC)cc1)S(=O)(=O)c1ccc(C)cc1. The third-order valence-electron chi connectivity index (χ3n) is 7.60. The molecule has 0 radical (unpaired) electrons. The number of sulfonamides is 1. The molecule has 0 spiro atoms. The van der Waals surface area contributed by atoms with Crippen LogP contribution in [0.3, 0.4) is 0 Å². The van der Waals surface area contributed by atoms with Crippen LogP contribution in [0.4, 0.5) is 5.69 Å². The number of amides is 2. The monoisotopic (exact) mass is 611 g/mol. The number of benzene rings is 3. The Morgan fingerprint density at radius 3 is 2.17 bits per heavy atom. The van der Waals surface area contributed by atoms with Crippen molar-refractivity contribution in [1.29, 1.82) is 0 Å². The van der Waals surface area contributed by atoms with Gasteiger partial charge in [-0.05, 0) is 80.3 Å². The number of nitrogens with one attached hydrogen (secondary N) is 1. The number of nitrogens with zero attached hydrogens (tertiary/aromatic N) is 2. The molecule has 1 saturated carbocycles. The van der Waals surface area contributed by atoms with Crippen molar-refractivity contribution >= 4 is 39.1 Å². The molecular formula is C32H38ClN3O5S. The van der Waals surface area contributed by atoms with Gasteiger partial charge in [-0.15, -0.1) is 0 Å². The van der Waals surface area contributed by atoms with Gasteiger partial charge in [-0.25, -0.2) is 8.42 Å². The van der Waals surface area contributed by atoms with Gasteiger partial charge in [-0.3, -0.25) is 13.9 Å². The van der Waals surface area contributed by atoms with Crippen LogP contribution in [0.1, 0.15) is 50.2 Å². The maximum Gasteiger partial charge on any atom is 0.264 e. The summed E-state index contributed by atoms with van der Waals surface area (Å²) in [7, 11) is -2.62. The molecule has 4 rings (SSSR count). The van der Waals surface area contributed by atoms with Gasteiger partial charge >= 0.3 is 0 Å². The summed E-state index contributed by atoms with van der Waals surface area (Å²) < 4.78 is 34.3. The van der Waals surface area contributed by atoms with E-state index in [0.29, 0.717) is 22.9 Å². The van der Waals surface area contributed by atoms with Gasteiger partial charge in [-0.2, -0.15) is 0 Å². The first kappa shape index (κ1) is 31.4. The summed E-state index contributed by atoms with van der Waals surface area (Å²) in [6, 6.07) is 19.3. The van der Waals surface area contributed by atoms with Crippen molar-refractivity contribution in [1.82, 2.24) is 10.2 Å². The molecule has 224 valence electrons. The quantitative estimate of drug-likeness (QED) is 0.283. The van der Waals surface area contributed by atoms with E-state index >= 15 is 0 Å². The number of halogens is 1. The molecule has 1 aliphatic rings. The summed E-state index contributed by atoms with van der Waals surface area (Å²) in [5, 5.41) is 3.67. The van der Waals surface area contributed by atoms with Crippen LogP contribution < -0.4 is 14.4 Å². The first-order valence-corrected chi connectivity index (χ1v) is 16.0. The second kappa shape index (κ2) is 14.1. The molecule has 3 aromatic rings. The normalized spacial score (nSPS) is 14.3. The standard InChI is InChI=1S/C32H38ClN3O5S/c1-4-30(32(38)34-26-7-5-6-8-26)35(21-24-11-13-25(33)14-12-24)31(37)22-36(27-15-17-28(41-3)18-16-27)42(39,40)29-19-9-23(2)10-20-29/h9-20,26,30H,4-8,21-22H2,1-3H3,(H,34,38)/t30-/m0/s1. The summed E-state index contributed by atoms with van der Waals surface area (Å²) in [5.41, 5.74) is 1.99. The Kier molecular flexibility index (Phi) is 10.5. The second-order valence-electron chi connectivity index (χ2n) is 10.6. The number of carbonyl (C=O) groups is 2. The second-order valence-corrected chi connectivity index (χ2v) is 12.9. The van der Waals surface area contributed by atoms with Crippen molar-refractivity contribution in [3.63, 3.8) is 0 Å². The van der Waals surface area contributed by atoms with Crippen LogP contribution in [0.2, 0.25) is 5.02 Å². The highest BCUT2D eigenvalue weighted by atomic mass is 35.5. The molecule has 0 heterocycles. The fourth-order valence-electron chi connectivity index (χ4n) is 5.19. The molecule has 0 aromatic heterocycles. The molecule has 2 amide bonds. The van der Waals surface area contributed by atoms with E-state index in [1.807, 2.05) is 13.8 Å². The fourth-order valence-corrected chi connectivity index (χ4v) is 6.73. The molecule has 0 bridgehead atoms.